The van der Waals surface area contributed by atoms with Gasteiger partial charge in [-0.3, -0.25) is 0 Å². The lowest BCUT2D eigenvalue weighted by Gasteiger charge is -2.31. The maximum absolute atomic E-state index is 9.46. The average molecular weight is 691 g/mol. The highest BCUT2D eigenvalue weighted by Gasteiger charge is 2.31. The molecule has 0 aliphatic rings. The maximum Gasteiger partial charge on any atom is 0.138 e. The predicted molar refractivity (Wildman–Crippen MR) is 204 cm³/mol. The van der Waals surface area contributed by atoms with Gasteiger partial charge >= 0.3 is 0 Å². The fourth-order valence-electron chi connectivity index (χ4n) is 5.99. The van der Waals surface area contributed by atoms with Crippen LogP contribution in [0.2, 0.25) is 0 Å². The zero-order valence-electron chi connectivity index (χ0n) is 29.6. The third-order valence-electron chi connectivity index (χ3n) is 8.98. The molecule has 0 heterocycles. The molecular formula is C40H66O5S2. The number of benzene rings is 2. The van der Waals surface area contributed by atoms with E-state index < -0.39 is 9.87 Å². The van der Waals surface area contributed by atoms with Crippen LogP contribution in [0.25, 0.3) is 0 Å². The Labute approximate surface area is 298 Å². The van der Waals surface area contributed by atoms with Crippen molar-refractivity contribution in [1.29, 1.82) is 0 Å². The van der Waals surface area contributed by atoms with Gasteiger partial charge in [0.25, 0.3) is 0 Å². The molecule has 0 aliphatic carbocycles. The van der Waals surface area contributed by atoms with E-state index in [9.17, 15) is 10.2 Å². The van der Waals surface area contributed by atoms with E-state index in [-0.39, 0.29) is 26.4 Å². The smallest absolute Gasteiger partial charge is 0.138 e. The summed E-state index contributed by atoms with van der Waals surface area (Å²) in [6, 6.07) is 17.1. The molecule has 0 bridgehead atoms. The number of aliphatic hydroxyl groups excluding tert-OH is 2. The van der Waals surface area contributed by atoms with Crippen LogP contribution in [-0.4, -0.2) is 49.9 Å². The van der Waals surface area contributed by atoms with Crippen LogP contribution in [0.4, 0.5) is 0 Å². The standard InChI is InChI=1S/C40H66O5S2/c1-3-5-7-9-11-13-15-17-35-19-23-37(24-20-35)39(46,44-33-29-41)27-31-43-32-28-40(47,45-34-30-42)38-25-21-36(22-26-38)18-16-14-12-10-8-6-4-2/h19-26,41-42,46-47H,3-18,27-34H2,1-2H3. The zero-order valence-corrected chi connectivity index (χ0v) is 31.4. The van der Waals surface area contributed by atoms with Crippen molar-refractivity contribution in [3.8, 4) is 0 Å². The largest absolute Gasteiger partial charge is 0.394 e. The van der Waals surface area contributed by atoms with E-state index in [1.165, 1.54) is 101 Å². The number of aliphatic hydroxyl groups is 2. The first-order valence-electron chi connectivity index (χ1n) is 18.6. The Bertz CT molecular complexity index is 937. The molecule has 2 atom stereocenters. The number of ether oxygens (including phenoxy) is 3. The second kappa shape index (κ2) is 25.8. The molecule has 0 aliphatic heterocycles. The Morgan fingerprint density at radius 1 is 0.489 bits per heavy atom. The first-order valence-corrected chi connectivity index (χ1v) is 19.5. The molecule has 0 fully saturated rings. The molecule has 2 N–H and O–H groups in total. The lowest BCUT2D eigenvalue weighted by atomic mass is 10.00. The van der Waals surface area contributed by atoms with Crippen molar-refractivity contribution in [2.75, 3.05) is 39.6 Å². The summed E-state index contributed by atoms with van der Waals surface area (Å²) in [5, 5.41) is 18.9. The van der Waals surface area contributed by atoms with Crippen LogP contribution in [0.15, 0.2) is 48.5 Å². The van der Waals surface area contributed by atoms with Crippen molar-refractivity contribution < 1.29 is 24.4 Å². The van der Waals surface area contributed by atoms with Crippen LogP contribution < -0.4 is 0 Å². The van der Waals surface area contributed by atoms with Gasteiger partial charge in [0.1, 0.15) is 9.87 Å². The van der Waals surface area contributed by atoms with Gasteiger partial charge in [-0.15, -0.1) is 25.3 Å². The number of unbranched alkanes of at least 4 members (excludes halogenated alkanes) is 12. The summed E-state index contributed by atoms with van der Waals surface area (Å²) in [5.41, 5.74) is 4.59. The molecule has 268 valence electrons. The minimum absolute atomic E-state index is 0.0677. The van der Waals surface area contributed by atoms with Crippen molar-refractivity contribution in [3.63, 3.8) is 0 Å². The minimum atomic E-state index is -0.864. The first-order chi connectivity index (χ1) is 22.9. The summed E-state index contributed by atoms with van der Waals surface area (Å²) in [6.07, 6.45) is 21.5. The lowest BCUT2D eigenvalue weighted by Crippen LogP contribution is -2.29. The second-order valence-electron chi connectivity index (χ2n) is 13.0. The SMILES string of the molecule is CCCCCCCCCc1ccc(C(S)(CCOCCC(S)(OCCO)c2ccc(CCCCCCCCC)cc2)OCCO)cc1. The highest BCUT2D eigenvalue weighted by atomic mass is 32.1. The van der Waals surface area contributed by atoms with Gasteiger partial charge in [-0.1, -0.05) is 139 Å². The third-order valence-corrected chi connectivity index (χ3v) is 10.2. The zero-order chi connectivity index (χ0) is 34.1. The quantitative estimate of drug-likeness (QED) is 0.0373. The van der Waals surface area contributed by atoms with Crippen molar-refractivity contribution in [3.05, 3.63) is 70.8 Å². The first kappa shape index (κ1) is 42.1. The average Bonchev–Trinajstić information content (AvgIpc) is 3.09. The van der Waals surface area contributed by atoms with Crippen molar-refractivity contribution in [2.45, 2.75) is 139 Å². The molecule has 2 aromatic rings. The molecule has 47 heavy (non-hydrogen) atoms. The molecule has 0 saturated carbocycles. The summed E-state index contributed by atoms with van der Waals surface area (Å²) >= 11 is 9.89. The molecule has 2 unspecified atom stereocenters. The lowest BCUT2D eigenvalue weighted by molar-refractivity contribution is -0.0350. The molecule has 5 nitrogen and oxygen atoms in total. The molecule has 7 heteroatoms. The molecule has 0 saturated heterocycles. The third kappa shape index (κ3) is 17.4. The van der Waals surface area contributed by atoms with E-state index in [0.717, 1.165) is 24.0 Å². The molecule has 2 rings (SSSR count). The Kier molecular flexibility index (Phi) is 23.2. The van der Waals surface area contributed by atoms with Crippen molar-refractivity contribution in [1.82, 2.24) is 0 Å². The van der Waals surface area contributed by atoms with E-state index in [1.54, 1.807) is 0 Å². The molecule has 0 radical (unpaired) electrons. The predicted octanol–water partition coefficient (Wildman–Crippen LogP) is 9.95. The van der Waals surface area contributed by atoms with E-state index in [2.05, 4.69) is 62.4 Å². The normalized spacial score (nSPS) is 14.3. The monoisotopic (exact) mass is 690 g/mol. The minimum Gasteiger partial charge on any atom is -0.394 e. The summed E-state index contributed by atoms with van der Waals surface area (Å²) in [5.74, 6) is 0. The maximum atomic E-state index is 9.46. The van der Waals surface area contributed by atoms with Crippen LogP contribution in [-0.2, 0) is 36.9 Å². The van der Waals surface area contributed by atoms with E-state index in [4.69, 9.17) is 39.5 Å². The van der Waals surface area contributed by atoms with Crippen molar-refractivity contribution >= 4 is 25.3 Å². The molecule has 0 amide bonds. The number of hydrogen-bond acceptors (Lipinski definition) is 7. The fourth-order valence-corrected chi connectivity index (χ4v) is 6.65. The second-order valence-corrected chi connectivity index (χ2v) is 14.4. The molecule has 2 aromatic carbocycles. The Hall–Kier alpha value is -1.06. The summed E-state index contributed by atoms with van der Waals surface area (Å²) < 4.78 is 18.2. The van der Waals surface area contributed by atoms with Gasteiger partial charge in [-0.25, -0.2) is 0 Å². The van der Waals surface area contributed by atoms with Gasteiger partial charge < -0.3 is 24.4 Å². The summed E-state index contributed by atoms with van der Waals surface area (Å²) in [7, 11) is 0. The Balaban J connectivity index is 1.86. The molecular weight excluding hydrogens is 625 g/mol. The Morgan fingerprint density at radius 3 is 1.17 bits per heavy atom. The van der Waals surface area contributed by atoms with Gasteiger partial charge in [0.05, 0.1) is 39.6 Å². The van der Waals surface area contributed by atoms with E-state index in [1.807, 2.05) is 0 Å². The topological polar surface area (TPSA) is 68.2 Å². The highest BCUT2D eigenvalue weighted by molar-refractivity contribution is 7.81. The summed E-state index contributed by atoms with van der Waals surface area (Å²) in [6.45, 7) is 5.63. The number of rotatable bonds is 30. The highest BCUT2D eigenvalue weighted by Crippen LogP contribution is 2.36. The van der Waals surface area contributed by atoms with Crippen molar-refractivity contribution in [2.24, 2.45) is 0 Å². The van der Waals surface area contributed by atoms with Crippen LogP contribution >= 0.6 is 25.3 Å². The van der Waals surface area contributed by atoms with Gasteiger partial charge in [0.15, 0.2) is 0 Å². The van der Waals surface area contributed by atoms with Crippen LogP contribution in [0.3, 0.4) is 0 Å². The number of aryl methyl sites for hydroxylation is 2. The van der Waals surface area contributed by atoms with Gasteiger partial charge in [0, 0.05) is 12.8 Å². The summed E-state index contributed by atoms with van der Waals surface area (Å²) in [4.78, 5) is -1.73. The van der Waals surface area contributed by atoms with Gasteiger partial charge in [-0.2, -0.15) is 0 Å². The molecule has 0 spiro atoms. The van der Waals surface area contributed by atoms with E-state index >= 15 is 0 Å². The van der Waals surface area contributed by atoms with Gasteiger partial charge in [0.2, 0.25) is 0 Å². The van der Waals surface area contributed by atoms with E-state index in [0.29, 0.717) is 26.1 Å². The van der Waals surface area contributed by atoms with Gasteiger partial charge in [-0.05, 0) is 47.9 Å². The van der Waals surface area contributed by atoms with Crippen LogP contribution in [0.5, 0.6) is 0 Å². The molecule has 0 aromatic heterocycles. The Morgan fingerprint density at radius 2 is 0.830 bits per heavy atom. The number of hydrogen-bond donors (Lipinski definition) is 4. The fraction of sp³-hybridized carbons (Fsp3) is 0.700. The van der Waals surface area contributed by atoms with Crippen LogP contribution in [0, 0.1) is 0 Å². The number of thiol groups is 2. The van der Waals surface area contributed by atoms with Crippen LogP contribution in [0.1, 0.15) is 139 Å².